The second-order valence-corrected chi connectivity index (χ2v) is 3.88. The van der Waals surface area contributed by atoms with Crippen LogP contribution >= 0.6 is 0 Å². The van der Waals surface area contributed by atoms with Gasteiger partial charge >= 0.3 is 23.9 Å². The molecule has 1 aromatic rings. The van der Waals surface area contributed by atoms with Crippen molar-refractivity contribution >= 4 is 34.4 Å². The molecule has 106 valence electrons. The summed E-state index contributed by atoms with van der Waals surface area (Å²) in [6.45, 7) is 0. The van der Waals surface area contributed by atoms with Gasteiger partial charge in [-0.3, -0.25) is 0 Å². The van der Waals surface area contributed by atoms with Gasteiger partial charge in [0.2, 0.25) is 10.5 Å². The maximum Gasteiger partial charge on any atom is 0.340 e. The molecule has 0 bridgehead atoms. The molecule has 0 radical (unpaired) electrons. The average molecular weight is 300 g/mol. The first-order valence-electron chi connectivity index (χ1n) is 4.90. The van der Waals surface area contributed by atoms with Crippen molar-refractivity contribution < 1.29 is 44.0 Å². The minimum atomic E-state index is -1.73. The van der Waals surface area contributed by atoms with E-state index in [1.54, 1.807) is 0 Å². The van der Waals surface area contributed by atoms with E-state index >= 15 is 0 Å². The van der Waals surface area contributed by atoms with Gasteiger partial charge in [0.25, 0.3) is 0 Å². The molecule has 0 atom stereocenters. The molecule has 10 heteroatoms. The van der Waals surface area contributed by atoms with Crippen LogP contribution in [0.2, 0.25) is 0 Å². The van der Waals surface area contributed by atoms with Gasteiger partial charge in [0.1, 0.15) is 16.9 Å². The van der Waals surface area contributed by atoms with E-state index in [2.05, 4.69) is 0 Å². The lowest BCUT2D eigenvalue weighted by molar-refractivity contribution is 0.0633. The van der Waals surface area contributed by atoms with Crippen molar-refractivity contribution in [1.82, 2.24) is 0 Å². The highest BCUT2D eigenvalue weighted by Crippen LogP contribution is 2.31. The van der Waals surface area contributed by atoms with E-state index in [1.807, 2.05) is 0 Å². The van der Waals surface area contributed by atoms with Crippen LogP contribution in [0, 0.1) is 0 Å². The number of carboxylic acids is 4. The molecule has 1 aromatic carbocycles. The number of hydrogen-bond donors (Lipinski definition) is 4. The molecule has 0 amide bonds. The van der Waals surface area contributed by atoms with E-state index < -0.39 is 51.9 Å². The summed E-state index contributed by atoms with van der Waals surface area (Å²) in [7, 11) is -0.160. The first-order chi connectivity index (χ1) is 9.22. The van der Waals surface area contributed by atoms with E-state index in [0.29, 0.717) is 6.07 Å². The Bertz CT molecular complexity index is 584. The molecule has 0 fully saturated rings. The molecule has 0 saturated heterocycles. The monoisotopic (exact) mass is 300 g/mol. The lowest BCUT2D eigenvalue weighted by atomic mass is 9.96. The van der Waals surface area contributed by atoms with Gasteiger partial charge < -0.3 is 24.9 Å². The van der Waals surface area contributed by atoms with Gasteiger partial charge in [-0.1, -0.05) is 0 Å². The molecule has 0 aliphatic carbocycles. The molecular formula is C10H8O9Si. The summed E-state index contributed by atoms with van der Waals surface area (Å²) < 4.78 is 4.73. The van der Waals surface area contributed by atoms with Crippen LogP contribution in [0.4, 0.5) is 0 Å². The van der Waals surface area contributed by atoms with Gasteiger partial charge in [0.15, 0.2) is 0 Å². The van der Waals surface area contributed by atoms with Gasteiger partial charge in [0.05, 0.1) is 11.1 Å². The maximum absolute atomic E-state index is 11.1. The number of hydrogen-bond acceptors (Lipinski definition) is 5. The van der Waals surface area contributed by atoms with E-state index in [9.17, 15) is 19.2 Å². The van der Waals surface area contributed by atoms with E-state index in [1.165, 1.54) is 0 Å². The Kier molecular flexibility index (Phi) is 4.10. The average Bonchev–Trinajstić information content (AvgIpc) is 2.34. The number of benzene rings is 1. The quantitative estimate of drug-likeness (QED) is 0.507. The second-order valence-electron chi connectivity index (χ2n) is 3.48. The molecule has 0 aliphatic rings. The van der Waals surface area contributed by atoms with E-state index in [4.69, 9.17) is 24.9 Å². The third-order valence-electron chi connectivity index (χ3n) is 2.37. The number of aromatic carboxylic acids is 4. The van der Waals surface area contributed by atoms with Crippen molar-refractivity contribution in [2.75, 3.05) is 0 Å². The molecule has 1 rings (SSSR count). The zero-order chi connectivity index (χ0) is 15.6. The number of carbonyl (C=O) groups is 4. The molecule has 4 N–H and O–H groups in total. The molecule has 0 aromatic heterocycles. The molecule has 0 spiro atoms. The van der Waals surface area contributed by atoms with Crippen molar-refractivity contribution in [2.24, 2.45) is 0 Å². The summed E-state index contributed by atoms with van der Waals surface area (Å²) in [4.78, 5) is 44.2. The van der Waals surface area contributed by atoms with Gasteiger partial charge in [-0.05, 0) is 6.07 Å². The largest absolute Gasteiger partial charge is 0.552 e. The Morgan fingerprint density at radius 3 is 1.35 bits per heavy atom. The van der Waals surface area contributed by atoms with Crippen LogP contribution < -0.4 is 4.43 Å². The Hall–Kier alpha value is -2.88. The van der Waals surface area contributed by atoms with E-state index in [-0.39, 0.29) is 10.5 Å². The molecular weight excluding hydrogens is 292 g/mol. The van der Waals surface area contributed by atoms with Crippen LogP contribution in [0.25, 0.3) is 0 Å². The Morgan fingerprint density at radius 2 is 1.15 bits per heavy atom. The van der Waals surface area contributed by atoms with Gasteiger partial charge in [-0.25, -0.2) is 19.2 Å². The first-order valence-corrected chi connectivity index (χ1v) is 5.72. The summed E-state index contributed by atoms with van der Waals surface area (Å²) in [5.74, 6) is -7.64. The summed E-state index contributed by atoms with van der Waals surface area (Å²) in [5, 5.41) is 35.8. The smallest absolute Gasteiger partial charge is 0.340 e. The van der Waals surface area contributed by atoms with Crippen LogP contribution in [-0.4, -0.2) is 54.8 Å². The zero-order valence-electron chi connectivity index (χ0n) is 9.91. The highest BCUT2D eigenvalue weighted by Gasteiger charge is 2.31. The number of carboxylic acid groups (broad SMARTS) is 4. The van der Waals surface area contributed by atoms with Gasteiger partial charge in [-0.15, -0.1) is 0 Å². The lowest BCUT2D eigenvalue weighted by Gasteiger charge is -2.14. The van der Waals surface area contributed by atoms with Crippen molar-refractivity contribution in [3.63, 3.8) is 0 Å². The second kappa shape index (κ2) is 5.40. The van der Waals surface area contributed by atoms with E-state index in [0.717, 1.165) is 0 Å². The normalized spacial score (nSPS) is 10.0. The van der Waals surface area contributed by atoms with Crippen molar-refractivity contribution in [2.45, 2.75) is 0 Å². The van der Waals surface area contributed by atoms with Crippen LogP contribution in [-0.2, 0) is 0 Å². The molecule has 20 heavy (non-hydrogen) atoms. The molecule has 0 unspecified atom stereocenters. The highest BCUT2D eigenvalue weighted by atomic mass is 28.2. The molecule has 0 saturated carbocycles. The summed E-state index contributed by atoms with van der Waals surface area (Å²) in [6.07, 6.45) is 0. The molecule has 9 nitrogen and oxygen atoms in total. The minimum Gasteiger partial charge on any atom is -0.552 e. The Morgan fingerprint density at radius 1 is 0.800 bits per heavy atom. The van der Waals surface area contributed by atoms with Gasteiger partial charge in [-0.2, -0.15) is 0 Å². The fourth-order valence-corrected chi connectivity index (χ4v) is 2.03. The minimum absolute atomic E-state index is 0.160. The van der Waals surface area contributed by atoms with Crippen LogP contribution in [0.1, 0.15) is 41.4 Å². The summed E-state index contributed by atoms with van der Waals surface area (Å²) >= 11 is 0. The van der Waals surface area contributed by atoms with Crippen LogP contribution in [0.5, 0.6) is 5.75 Å². The standard InChI is InChI=1S/C10H8O9Si/c11-7(12)2-1-3(8(13)14)5(10(17)18)6(19-20)4(2)9(15)16/h1H,20H3,(H,11,12)(H,13,14)(H,15,16)(H,17,18). The summed E-state index contributed by atoms with van der Waals surface area (Å²) in [5.41, 5.74) is -3.50. The topological polar surface area (TPSA) is 158 Å². The predicted molar refractivity (Wildman–Crippen MR) is 64.8 cm³/mol. The zero-order valence-corrected chi connectivity index (χ0v) is 11.9. The predicted octanol–water partition coefficient (Wildman–Crippen LogP) is -0.861. The fourth-order valence-electron chi connectivity index (χ4n) is 1.62. The van der Waals surface area contributed by atoms with Gasteiger partial charge in [0, 0.05) is 0 Å². The highest BCUT2D eigenvalue weighted by molar-refractivity contribution is 6.14. The number of rotatable bonds is 5. The van der Waals surface area contributed by atoms with Crippen LogP contribution in [0.15, 0.2) is 6.07 Å². The Balaban J connectivity index is 3.99. The first kappa shape index (κ1) is 15.2. The molecule has 0 heterocycles. The van der Waals surface area contributed by atoms with Crippen molar-refractivity contribution in [1.29, 1.82) is 0 Å². The maximum atomic E-state index is 11.1. The third kappa shape index (κ3) is 2.44. The van der Waals surface area contributed by atoms with Crippen molar-refractivity contribution in [3.05, 3.63) is 28.3 Å². The fraction of sp³-hybridized carbons (Fsp3) is 0. The molecule has 0 aliphatic heterocycles. The van der Waals surface area contributed by atoms with Crippen LogP contribution in [0.3, 0.4) is 0 Å². The summed E-state index contributed by atoms with van der Waals surface area (Å²) in [6, 6.07) is 0.488. The SMILES string of the molecule is O=C(O)c1cc(C(=O)O)c(C(=O)O)c(O[SiH3])c1C(=O)O. The Labute approximate surface area is 113 Å². The van der Waals surface area contributed by atoms with Crippen molar-refractivity contribution in [3.8, 4) is 5.75 Å². The third-order valence-corrected chi connectivity index (χ3v) is 2.78. The lowest BCUT2D eigenvalue weighted by Crippen LogP contribution is -2.18.